The third kappa shape index (κ3) is 5.71. The number of aromatic nitrogens is 2. The van der Waals surface area contributed by atoms with E-state index in [1.807, 2.05) is 22.7 Å². The average Bonchev–Trinajstić information content (AvgIpc) is 2.99. The minimum atomic E-state index is -0.877. The lowest BCUT2D eigenvalue weighted by Crippen LogP contribution is -2.47. The monoisotopic (exact) mass is 445 g/mol. The number of aryl methyl sites for hydroxylation is 1. The largest absolute Gasteiger partial charge is 0.485 e. The van der Waals surface area contributed by atoms with Crippen LogP contribution in [0.1, 0.15) is 5.56 Å². The van der Waals surface area contributed by atoms with Crippen molar-refractivity contribution in [1.29, 1.82) is 0 Å². The van der Waals surface area contributed by atoms with Crippen LogP contribution in [0.5, 0.6) is 5.75 Å². The number of benzene rings is 1. The Kier molecular flexibility index (Phi) is 6.80. The number of aliphatic hydroxyl groups excluding tert-OH is 1. The lowest BCUT2D eigenvalue weighted by molar-refractivity contribution is -0.0519. The molecule has 1 saturated heterocycles. The second kappa shape index (κ2) is 9.09. The Labute approximate surface area is 164 Å². The Morgan fingerprint density at radius 1 is 1.41 bits per heavy atom. The number of rotatable bonds is 7. The zero-order valence-corrected chi connectivity index (χ0v) is 16.5. The molecule has 9 heteroatoms. The highest BCUT2D eigenvalue weighted by Gasteiger charge is 2.23. The number of β-amino-alcohol motifs (C(OH)–C–C–N with tert-alkyl or cyclic N) is 1. The standard InChI is InChI=1S/C18H22BrF2N3O3/c1-12-6-22-24(7-12)10-15-9-23(2-3-26-15)8-14(25)11-27-18-16(20)4-13(19)5-17(18)21/h4-7,14-15,25H,2-3,8-11H2,1H3. The van der Waals surface area contributed by atoms with E-state index in [1.54, 1.807) is 6.20 Å². The minimum Gasteiger partial charge on any atom is -0.485 e. The van der Waals surface area contributed by atoms with Gasteiger partial charge in [0.15, 0.2) is 17.4 Å². The van der Waals surface area contributed by atoms with E-state index in [2.05, 4.69) is 21.0 Å². The first-order valence-corrected chi connectivity index (χ1v) is 9.48. The number of nitrogens with zero attached hydrogens (tertiary/aromatic N) is 3. The summed E-state index contributed by atoms with van der Waals surface area (Å²) in [6.45, 7) is 4.60. The van der Waals surface area contributed by atoms with Crippen molar-refractivity contribution < 1.29 is 23.4 Å². The van der Waals surface area contributed by atoms with Crippen LogP contribution >= 0.6 is 15.9 Å². The van der Waals surface area contributed by atoms with Crippen molar-refractivity contribution in [2.45, 2.75) is 25.7 Å². The second-order valence-corrected chi connectivity index (χ2v) is 7.57. The molecular formula is C18H22BrF2N3O3. The summed E-state index contributed by atoms with van der Waals surface area (Å²) < 4.78 is 40.6. The molecule has 6 nitrogen and oxygen atoms in total. The Balaban J connectivity index is 1.48. The number of hydrogen-bond donors (Lipinski definition) is 1. The van der Waals surface area contributed by atoms with E-state index in [-0.39, 0.29) is 17.2 Å². The summed E-state index contributed by atoms with van der Waals surface area (Å²) in [5, 5.41) is 14.5. The van der Waals surface area contributed by atoms with Gasteiger partial charge in [-0.1, -0.05) is 15.9 Å². The van der Waals surface area contributed by atoms with Crippen LogP contribution in [0.2, 0.25) is 0 Å². The number of aliphatic hydroxyl groups is 1. The molecule has 2 heterocycles. The third-order valence-electron chi connectivity index (χ3n) is 4.23. The molecule has 1 aliphatic heterocycles. The van der Waals surface area contributed by atoms with E-state index in [4.69, 9.17) is 9.47 Å². The van der Waals surface area contributed by atoms with Crippen molar-refractivity contribution >= 4 is 15.9 Å². The summed E-state index contributed by atoms with van der Waals surface area (Å²) in [4.78, 5) is 2.05. The average molecular weight is 446 g/mol. The fourth-order valence-corrected chi connectivity index (χ4v) is 3.43. The van der Waals surface area contributed by atoms with Crippen molar-refractivity contribution in [1.82, 2.24) is 14.7 Å². The van der Waals surface area contributed by atoms with Crippen molar-refractivity contribution in [3.63, 3.8) is 0 Å². The zero-order chi connectivity index (χ0) is 19.4. The Hall–Kier alpha value is -1.55. The van der Waals surface area contributed by atoms with Crippen LogP contribution in [0, 0.1) is 18.6 Å². The van der Waals surface area contributed by atoms with E-state index in [0.717, 1.165) is 17.7 Å². The molecule has 1 aromatic heterocycles. The topological polar surface area (TPSA) is 59.8 Å². The van der Waals surface area contributed by atoms with Gasteiger partial charge < -0.3 is 14.6 Å². The van der Waals surface area contributed by atoms with Crippen molar-refractivity contribution in [2.75, 3.05) is 32.8 Å². The van der Waals surface area contributed by atoms with E-state index in [0.29, 0.717) is 32.8 Å². The molecule has 0 aliphatic carbocycles. The van der Waals surface area contributed by atoms with Crippen LogP contribution in [-0.4, -0.2) is 64.8 Å². The molecule has 27 heavy (non-hydrogen) atoms. The van der Waals surface area contributed by atoms with E-state index in [9.17, 15) is 13.9 Å². The van der Waals surface area contributed by atoms with Gasteiger partial charge in [0.2, 0.25) is 0 Å². The van der Waals surface area contributed by atoms with Gasteiger partial charge in [0.1, 0.15) is 12.7 Å². The second-order valence-electron chi connectivity index (χ2n) is 6.66. The first kappa shape index (κ1) is 20.2. The lowest BCUT2D eigenvalue weighted by atomic mass is 10.2. The molecule has 148 valence electrons. The summed E-state index contributed by atoms with van der Waals surface area (Å²) in [7, 11) is 0. The predicted octanol–water partition coefficient (Wildman–Crippen LogP) is 2.37. The van der Waals surface area contributed by atoms with Crippen LogP contribution in [0.15, 0.2) is 29.0 Å². The van der Waals surface area contributed by atoms with E-state index in [1.165, 1.54) is 0 Å². The van der Waals surface area contributed by atoms with Gasteiger partial charge in [-0.15, -0.1) is 0 Å². The summed E-state index contributed by atoms with van der Waals surface area (Å²) in [5.74, 6) is -2.10. The third-order valence-corrected chi connectivity index (χ3v) is 4.69. The van der Waals surface area contributed by atoms with Crippen LogP contribution in [-0.2, 0) is 11.3 Å². The number of morpholine rings is 1. The summed E-state index contributed by atoms with van der Waals surface area (Å²) in [6, 6.07) is 2.24. The lowest BCUT2D eigenvalue weighted by Gasteiger charge is -2.34. The van der Waals surface area contributed by atoms with Gasteiger partial charge in [-0.2, -0.15) is 5.10 Å². The molecule has 2 aromatic rings. The summed E-state index contributed by atoms with van der Waals surface area (Å²) in [5.41, 5.74) is 1.09. The fraction of sp³-hybridized carbons (Fsp3) is 0.500. The predicted molar refractivity (Wildman–Crippen MR) is 98.7 cm³/mol. The molecule has 2 atom stereocenters. The van der Waals surface area contributed by atoms with Crippen LogP contribution in [0.4, 0.5) is 8.78 Å². The first-order chi connectivity index (χ1) is 12.9. The van der Waals surface area contributed by atoms with Gasteiger partial charge in [0, 0.05) is 30.3 Å². The highest BCUT2D eigenvalue weighted by atomic mass is 79.9. The Morgan fingerprint density at radius 2 is 2.15 bits per heavy atom. The van der Waals surface area contributed by atoms with Crippen LogP contribution < -0.4 is 4.74 Å². The van der Waals surface area contributed by atoms with Crippen LogP contribution in [0.25, 0.3) is 0 Å². The summed E-state index contributed by atoms with van der Waals surface area (Å²) in [6.07, 6.45) is 2.83. The normalized spacial score (nSPS) is 19.2. The maximum atomic E-state index is 13.8. The smallest absolute Gasteiger partial charge is 0.190 e. The molecule has 0 amide bonds. The SMILES string of the molecule is Cc1cnn(CC2CN(CC(O)COc3c(F)cc(Br)cc3F)CCO2)c1. The maximum absolute atomic E-state index is 13.8. The Morgan fingerprint density at radius 3 is 2.81 bits per heavy atom. The highest BCUT2D eigenvalue weighted by Crippen LogP contribution is 2.26. The van der Waals surface area contributed by atoms with Gasteiger partial charge in [-0.25, -0.2) is 8.78 Å². The Bertz CT molecular complexity index is 751. The molecule has 1 aromatic carbocycles. The molecule has 2 unspecified atom stereocenters. The molecular weight excluding hydrogens is 424 g/mol. The number of hydrogen-bond acceptors (Lipinski definition) is 5. The minimum absolute atomic E-state index is 0.0347. The molecule has 0 spiro atoms. The molecule has 1 aliphatic rings. The molecule has 1 fully saturated rings. The molecule has 3 rings (SSSR count). The molecule has 1 N–H and O–H groups in total. The number of halogens is 3. The van der Waals surface area contributed by atoms with Crippen molar-refractivity contribution in [3.05, 3.63) is 46.2 Å². The van der Waals surface area contributed by atoms with Crippen molar-refractivity contribution in [3.8, 4) is 5.75 Å². The van der Waals surface area contributed by atoms with Gasteiger partial charge in [-0.3, -0.25) is 9.58 Å². The molecule has 0 bridgehead atoms. The van der Waals surface area contributed by atoms with E-state index >= 15 is 0 Å². The van der Waals surface area contributed by atoms with Gasteiger partial charge >= 0.3 is 0 Å². The fourth-order valence-electron chi connectivity index (χ4n) is 3.03. The number of ether oxygens (including phenoxy) is 2. The molecule has 0 radical (unpaired) electrons. The quantitative estimate of drug-likeness (QED) is 0.708. The van der Waals surface area contributed by atoms with E-state index < -0.39 is 23.5 Å². The van der Waals surface area contributed by atoms with Crippen molar-refractivity contribution in [2.24, 2.45) is 0 Å². The van der Waals surface area contributed by atoms with Gasteiger partial charge in [0.25, 0.3) is 0 Å². The zero-order valence-electron chi connectivity index (χ0n) is 14.9. The van der Waals surface area contributed by atoms with Gasteiger partial charge in [-0.05, 0) is 24.6 Å². The first-order valence-electron chi connectivity index (χ1n) is 8.69. The maximum Gasteiger partial charge on any atom is 0.190 e. The van der Waals surface area contributed by atoms with Crippen LogP contribution in [0.3, 0.4) is 0 Å². The highest BCUT2D eigenvalue weighted by molar-refractivity contribution is 9.10. The summed E-state index contributed by atoms with van der Waals surface area (Å²) >= 11 is 3.01. The van der Waals surface area contributed by atoms with Gasteiger partial charge in [0.05, 0.1) is 25.5 Å². The molecule has 0 saturated carbocycles.